The topological polar surface area (TPSA) is 42.4 Å². The normalized spacial score (nSPS) is 21.5. The fourth-order valence-corrected chi connectivity index (χ4v) is 4.42. The average molecular weight is 368 g/mol. The number of carbonyl (C=O) groups is 1. The first-order valence-electron chi connectivity index (χ1n) is 9.73. The van der Waals surface area contributed by atoms with Crippen molar-refractivity contribution in [1.82, 2.24) is 9.88 Å². The zero-order valence-corrected chi connectivity index (χ0v) is 15.4. The largest absolute Gasteiger partial charge is 0.372 e. The van der Waals surface area contributed by atoms with Crippen LogP contribution in [0.4, 0.5) is 4.39 Å². The number of amides is 1. The van der Waals surface area contributed by atoms with Crippen LogP contribution in [0, 0.1) is 5.82 Å². The second-order valence-corrected chi connectivity index (χ2v) is 7.62. The minimum Gasteiger partial charge on any atom is -0.372 e. The highest BCUT2D eigenvalue weighted by atomic mass is 19.1. The van der Waals surface area contributed by atoms with Crippen molar-refractivity contribution in [3.63, 3.8) is 0 Å². The molecule has 0 bridgehead atoms. The fraction of sp³-hybridized carbons (Fsp3) is 0.455. The summed E-state index contributed by atoms with van der Waals surface area (Å²) in [5.41, 5.74) is 1.55. The maximum atomic E-state index is 13.4. The molecule has 1 saturated heterocycles. The van der Waals surface area contributed by atoms with E-state index in [2.05, 4.69) is 4.98 Å². The second kappa shape index (κ2) is 7.77. The maximum absolute atomic E-state index is 13.4. The summed E-state index contributed by atoms with van der Waals surface area (Å²) in [6, 6.07) is 10.4. The SMILES string of the molecule is O=C(N1CCC(OCc2ccncc2)C1)C1(c2ccc(F)cc2)CCCC1. The summed E-state index contributed by atoms with van der Waals surface area (Å²) < 4.78 is 19.4. The van der Waals surface area contributed by atoms with E-state index in [4.69, 9.17) is 4.74 Å². The van der Waals surface area contributed by atoms with Crippen LogP contribution in [-0.4, -0.2) is 35.0 Å². The van der Waals surface area contributed by atoms with Gasteiger partial charge in [-0.25, -0.2) is 4.39 Å². The molecule has 2 heterocycles. The van der Waals surface area contributed by atoms with Crippen LogP contribution in [-0.2, 0) is 21.6 Å². The third kappa shape index (κ3) is 3.74. The number of nitrogens with zero attached hydrogens (tertiary/aromatic N) is 2. The van der Waals surface area contributed by atoms with Crippen LogP contribution in [0.1, 0.15) is 43.2 Å². The predicted molar refractivity (Wildman–Crippen MR) is 101 cm³/mol. The van der Waals surface area contributed by atoms with Gasteiger partial charge in [0.1, 0.15) is 5.82 Å². The van der Waals surface area contributed by atoms with Crippen molar-refractivity contribution < 1.29 is 13.9 Å². The lowest BCUT2D eigenvalue weighted by Gasteiger charge is -2.33. The van der Waals surface area contributed by atoms with Crippen molar-refractivity contribution in [3.8, 4) is 0 Å². The highest BCUT2D eigenvalue weighted by Gasteiger charge is 2.46. The number of ether oxygens (including phenoxy) is 1. The molecule has 0 N–H and O–H groups in total. The van der Waals surface area contributed by atoms with Crippen molar-refractivity contribution in [2.75, 3.05) is 13.1 Å². The molecule has 2 aliphatic rings. The molecular formula is C22H25FN2O2. The molecule has 142 valence electrons. The lowest BCUT2D eigenvalue weighted by molar-refractivity contribution is -0.136. The Hall–Kier alpha value is -2.27. The van der Waals surface area contributed by atoms with Gasteiger partial charge in [0.25, 0.3) is 0 Å². The van der Waals surface area contributed by atoms with Crippen molar-refractivity contribution in [2.24, 2.45) is 0 Å². The van der Waals surface area contributed by atoms with Crippen LogP contribution < -0.4 is 0 Å². The van der Waals surface area contributed by atoms with E-state index in [0.29, 0.717) is 13.2 Å². The number of pyridine rings is 1. The van der Waals surface area contributed by atoms with E-state index in [1.165, 1.54) is 12.1 Å². The first kappa shape index (κ1) is 18.1. The van der Waals surface area contributed by atoms with Gasteiger partial charge >= 0.3 is 0 Å². The first-order valence-corrected chi connectivity index (χ1v) is 9.73. The summed E-state index contributed by atoms with van der Waals surface area (Å²) in [5, 5.41) is 0. The van der Waals surface area contributed by atoms with E-state index >= 15 is 0 Å². The molecule has 1 aromatic carbocycles. The van der Waals surface area contributed by atoms with Crippen molar-refractivity contribution in [3.05, 3.63) is 65.7 Å². The Bertz CT molecular complexity index is 773. The third-order valence-electron chi connectivity index (χ3n) is 5.93. The molecule has 0 radical (unpaired) electrons. The minimum absolute atomic E-state index is 0.0637. The molecule has 1 aromatic heterocycles. The average Bonchev–Trinajstić information content (AvgIpc) is 3.38. The summed E-state index contributed by atoms with van der Waals surface area (Å²) >= 11 is 0. The third-order valence-corrected chi connectivity index (χ3v) is 5.93. The Morgan fingerprint density at radius 2 is 1.85 bits per heavy atom. The van der Waals surface area contributed by atoms with Gasteiger partial charge in [0.05, 0.1) is 18.1 Å². The van der Waals surface area contributed by atoms with Crippen LogP contribution in [0.5, 0.6) is 0 Å². The van der Waals surface area contributed by atoms with E-state index in [0.717, 1.165) is 49.8 Å². The number of halogens is 1. The lowest BCUT2D eigenvalue weighted by Crippen LogP contribution is -2.45. The quantitative estimate of drug-likeness (QED) is 0.805. The molecule has 1 saturated carbocycles. The number of likely N-dealkylation sites (tertiary alicyclic amines) is 1. The van der Waals surface area contributed by atoms with Crippen molar-refractivity contribution >= 4 is 5.91 Å². The van der Waals surface area contributed by atoms with E-state index in [1.807, 2.05) is 17.0 Å². The molecule has 1 aliphatic heterocycles. The summed E-state index contributed by atoms with van der Waals surface area (Å²) in [6.07, 6.45) is 8.21. The molecular weight excluding hydrogens is 343 g/mol. The molecule has 1 atom stereocenters. The number of hydrogen-bond donors (Lipinski definition) is 0. The molecule has 1 unspecified atom stereocenters. The number of aromatic nitrogens is 1. The highest BCUT2D eigenvalue weighted by Crippen LogP contribution is 2.43. The Kier molecular flexibility index (Phi) is 5.21. The molecule has 1 aliphatic carbocycles. The first-order chi connectivity index (χ1) is 13.2. The number of carbonyl (C=O) groups excluding carboxylic acids is 1. The Morgan fingerprint density at radius 3 is 2.56 bits per heavy atom. The molecule has 4 nitrogen and oxygen atoms in total. The van der Waals surface area contributed by atoms with Crippen LogP contribution in [0.25, 0.3) is 0 Å². The Labute approximate surface area is 159 Å². The van der Waals surface area contributed by atoms with E-state index in [-0.39, 0.29) is 17.8 Å². The van der Waals surface area contributed by atoms with Crippen molar-refractivity contribution in [2.45, 2.75) is 50.2 Å². The summed E-state index contributed by atoms with van der Waals surface area (Å²) in [7, 11) is 0. The van der Waals surface area contributed by atoms with E-state index in [9.17, 15) is 9.18 Å². The highest BCUT2D eigenvalue weighted by molar-refractivity contribution is 5.89. The second-order valence-electron chi connectivity index (χ2n) is 7.62. The van der Waals surface area contributed by atoms with Crippen LogP contribution in [0.3, 0.4) is 0 Å². The monoisotopic (exact) mass is 368 g/mol. The minimum atomic E-state index is -0.492. The molecule has 4 rings (SSSR count). The van der Waals surface area contributed by atoms with Crippen LogP contribution in [0.15, 0.2) is 48.8 Å². The smallest absolute Gasteiger partial charge is 0.233 e. The predicted octanol–water partition coefficient (Wildman–Crippen LogP) is 3.85. The van der Waals surface area contributed by atoms with Crippen LogP contribution in [0.2, 0.25) is 0 Å². The number of benzene rings is 1. The van der Waals surface area contributed by atoms with E-state index in [1.54, 1.807) is 24.5 Å². The molecule has 1 amide bonds. The summed E-state index contributed by atoms with van der Waals surface area (Å²) in [6.45, 7) is 1.90. The van der Waals surface area contributed by atoms with Gasteiger partial charge in [-0.1, -0.05) is 25.0 Å². The van der Waals surface area contributed by atoms with Gasteiger partial charge in [-0.2, -0.15) is 0 Å². The van der Waals surface area contributed by atoms with Gasteiger partial charge in [0.15, 0.2) is 0 Å². The van der Waals surface area contributed by atoms with Crippen molar-refractivity contribution in [1.29, 1.82) is 0 Å². The molecule has 5 heteroatoms. The molecule has 2 fully saturated rings. The summed E-state index contributed by atoms with van der Waals surface area (Å²) in [5.74, 6) is -0.0771. The molecule has 2 aromatic rings. The standard InChI is InChI=1S/C22H25FN2O2/c23-19-5-3-18(4-6-19)22(10-1-2-11-22)21(26)25-14-9-20(15-25)27-16-17-7-12-24-13-8-17/h3-8,12-13,20H,1-2,9-11,14-16H2. The van der Waals surface area contributed by atoms with Gasteiger partial charge in [0, 0.05) is 25.5 Å². The summed E-state index contributed by atoms with van der Waals surface area (Å²) in [4.78, 5) is 19.4. The van der Waals surface area contributed by atoms with E-state index < -0.39 is 5.41 Å². The Morgan fingerprint density at radius 1 is 1.15 bits per heavy atom. The Balaban J connectivity index is 1.43. The number of hydrogen-bond acceptors (Lipinski definition) is 3. The zero-order chi connectivity index (χ0) is 18.7. The molecule has 0 spiro atoms. The lowest BCUT2D eigenvalue weighted by atomic mass is 9.77. The van der Waals surface area contributed by atoms with Gasteiger partial charge in [-0.05, 0) is 54.7 Å². The number of rotatable bonds is 5. The van der Waals surface area contributed by atoms with Crippen LogP contribution >= 0.6 is 0 Å². The van der Waals surface area contributed by atoms with Gasteiger partial charge < -0.3 is 9.64 Å². The fourth-order valence-electron chi connectivity index (χ4n) is 4.42. The maximum Gasteiger partial charge on any atom is 0.233 e. The van der Waals surface area contributed by atoms with Gasteiger partial charge in [0.2, 0.25) is 5.91 Å². The molecule has 27 heavy (non-hydrogen) atoms. The van der Waals surface area contributed by atoms with Gasteiger partial charge in [-0.3, -0.25) is 9.78 Å². The van der Waals surface area contributed by atoms with Gasteiger partial charge in [-0.15, -0.1) is 0 Å². The zero-order valence-electron chi connectivity index (χ0n) is 15.4.